The predicted molar refractivity (Wildman–Crippen MR) is 103 cm³/mol. The Morgan fingerprint density at radius 1 is 1.17 bits per heavy atom. The summed E-state index contributed by atoms with van der Waals surface area (Å²) in [6.45, 7) is 2.39. The maximum Gasteiger partial charge on any atom is 0.433 e. The lowest BCUT2D eigenvalue weighted by Crippen LogP contribution is -2.10. The van der Waals surface area contributed by atoms with E-state index in [1.54, 1.807) is 19.1 Å². The van der Waals surface area contributed by atoms with Gasteiger partial charge in [-0.15, -0.1) is 0 Å². The van der Waals surface area contributed by atoms with Crippen molar-refractivity contribution < 1.29 is 22.6 Å². The van der Waals surface area contributed by atoms with Crippen LogP contribution in [-0.2, 0) is 17.5 Å². The molecule has 0 spiro atoms. The number of nitrogens with one attached hydrogen (secondary N) is 1. The topological polar surface area (TPSA) is 92.9 Å². The van der Waals surface area contributed by atoms with Crippen LogP contribution in [0.15, 0.2) is 30.5 Å². The van der Waals surface area contributed by atoms with Gasteiger partial charge in [0.25, 0.3) is 0 Å². The smallest absolute Gasteiger partial charge is 0.433 e. The maximum absolute atomic E-state index is 12.9. The average molecular weight is 417 g/mol. The second kappa shape index (κ2) is 8.92. The van der Waals surface area contributed by atoms with Crippen LogP contribution in [0.5, 0.6) is 5.75 Å². The molecule has 0 aliphatic heterocycles. The highest BCUT2D eigenvalue weighted by atomic mass is 19.4. The molecule has 2 aromatic heterocycles. The third-order valence-corrected chi connectivity index (χ3v) is 4.15. The number of hydrogen-bond donors (Lipinski definition) is 1. The Kier molecular flexibility index (Phi) is 6.32. The summed E-state index contributed by atoms with van der Waals surface area (Å²) < 4.78 is 49.2. The third kappa shape index (κ3) is 4.93. The third-order valence-electron chi connectivity index (χ3n) is 4.15. The number of aryl methyl sites for hydroxylation is 1. The minimum absolute atomic E-state index is 0.0943. The predicted octanol–water partition coefficient (Wildman–Crippen LogP) is 3.86. The maximum atomic E-state index is 12.9. The lowest BCUT2D eigenvalue weighted by molar-refractivity contribution is -0.141. The summed E-state index contributed by atoms with van der Waals surface area (Å²) in [4.78, 5) is 12.1. The number of anilines is 1. The first-order valence-electron chi connectivity index (χ1n) is 8.92. The van der Waals surface area contributed by atoms with E-state index in [9.17, 15) is 18.4 Å². The van der Waals surface area contributed by atoms with Crippen molar-refractivity contribution >= 4 is 16.7 Å². The Morgan fingerprint density at radius 3 is 2.67 bits per heavy atom. The van der Waals surface area contributed by atoms with Gasteiger partial charge in [0, 0.05) is 25.2 Å². The SMILES string of the molecule is COCCOc1cc2c(NCc3ccnc(C(F)(F)F)c3)nc(C)nc2cc1C#N. The number of hydrogen-bond acceptors (Lipinski definition) is 7. The quantitative estimate of drug-likeness (QED) is 0.584. The Bertz CT molecular complexity index is 1100. The second-order valence-electron chi connectivity index (χ2n) is 6.34. The Morgan fingerprint density at radius 2 is 1.97 bits per heavy atom. The van der Waals surface area contributed by atoms with Crippen molar-refractivity contribution in [3.63, 3.8) is 0 Å². The van der Waals surface area contributed by atoms with Gasteiger partial charge in [0.2, 0.25) is 0 Å². The van der Waals surface area contributed by atoms with Crippen LogP contribution in [0.4, 0.5) is 19.0 Å². The fourth-order valence-electron chi connectivity index (χ4n) is 2.77. The fourth-order valence-corrected chi connectivity index (χ4v) is 2.77. The largest absolute Gasteiger partial charge is 0.490 e. The van der Waals surface area contributed by atoms with Gasteiger partial charge >= 0.3 is 6.18 Å². The molecule has 3 aromatic rings. The summed E-state index contributed by atoms with van der Waals surface area (Å²) in [5.41, 5.74) is 0.267. The van der Waals surface area contributed by atoms with Gasteiger partial charge in [-0.3, -0.25) is 4.98 Å². The van der Waals surface area contributed by atoms with Crippen LogP contribution >= 0.6 is 0 Å². The first kappa shape index (κ1) is 21.3. The number of methoxy groups -OCH3 is 1. The van der Waals surface area contributed by atoms with Crippen molar-refractivity contribution in [2.45, 2.75) is 19.6 Å². The lowest BCUT2D eigenvalue weighted by Gasteiger charge is -2.13. The monoisotopic (exact) mass is 417 g/mol. The van der Waals surface area contributed by atoms with Crippen LogP contribution in [0.3, 0.4) is 0 Å². The molecule has 30 heavy (non-hydrogen) atoms. The zero-order chi connectivity index (χ0) is 21.7. The first-order chi connectivity index (χ1) is 14.3. The van der Waals surface area contributed by atoms with E-state index in [2.05, 4.69) is 26.3 Å². The van der Waals surface area contributed by atoms with Crippen LogP contribution < -0.4 is 10.1 Å². The number of aromatic nitrogens is 3. The van der Waals surface area contributed by atoms with E-state index in [1.165, 1.54) is 13.2 Å². The van der Waals surface area contributed by atoms with Crippen LogP contribution in [0.25, 0.3) is 10.9 Å². The molecule has 0 saturated carbocycles. The summed E-state index contributed by atoms with van der Waals surface area (Å²) in [6, 6.07) is 7.77. The Hall–Kier alpha value is -3.45. The fraction of sp³-hybridized carbons (Fsp3) is 0.300. The first-order valence-corrected chi connectivity index (χ1v) is 8.92. The molecule has 0 bridgehead atoms. The van der Waals surface area contributed by atoms with Gasteiger partial charge in [0.15, 0.2) is 0 Å². The van der Waals surface area contributed by atoms with Crippen molar-refractivity contribution in [3.8, 4) is 11.8 Å². The van der Waals surface area contributed by atoms with Gasteiger partial charge in [-0.25, -0.2) is 9.97 Å². The number of benzene rings is 1. The molecule has 0 amide bonds. The van der Waals surface area contributed by atoms with E-state index in [1.807, 2.05) is 0 Å². The van der Waals surface area contributed by atoms with Gasteiger partial charge < -0.3 is 14.8 Å². The minimum atomic E-state index is -4.52. The molecule has 3 rings (SSSR count). The highest BCUT2D eigenvalue weighted by Gasteiger charge is 2.32. The zero-order valence-corrected chi connectivity index (χ0v) is 16.2. The van der Waals surface area contributed by atoms with Crippen molar-refractivity contribution in [1.82, 2.24) is 15.0 Å². The molecule has 0 aliphatic carbocycles. The minimum Gasteiger partial charge on any atom is -0.490 e. The Labute approximate surface area is 170 Å². The van der Waals surface area contributed by atoms with Crippen molar-refractivity contribution in [1.29, 1.82) is 5.26 Å². The van der Waals surface area contributed by atoms with Gasteiger partial charge in [-0.2, -0.15) is 18.4 Å². The van der Waals surface area contributed by atoms with E-state index in [0.29, 0.717) is 46.0 Å². The van der Waals surface area contributed by atoms with Gasteiger partial charge in [0.05, 0.1) is 17.7 Å². The highest BCUT2D eigenvalue weighted by molar-refractivity contribution is 5.91. The summed E-state index contributed by atoms with van der Waals surface area (Å²) >= 11 is 0. The Balaban J connectivity index is 1.93. The zero-order valence-electron chi connectivity index (χ0n) is 16.2. The van der Waals surface area contributed by atoms with Gasteiger partial charge in [-0.05, 0) is 36.8 Å². The number of ether oxygens (including phenoxy) is 2. The standard InChI is InChI=1S/C20H18F3N5O2/c1-12-27-16-8-14(10-24)17(30-6-5-29-2)9-15(16)19(28-12)26-11-13-3-4-25-18(7-13)20(21,22)23/h3-4,7-9H,5-6,11H2,1-2H3,(H,26,27,28). The molecular weight excluding hydrogens is 399 g/mol. The summed E-state index contributed by atoms with van der Waals surface area (Å²) in [5.74, 6) is 1.22. The number of pyridine rings is 1. The number of nitrogens with zero attached hydrogens (tertiary/aromatic N) is 4. The summed E-state index contributed by atoms with van der Waals surface area (Å²) in [7, 11) is 1.54. The molecule has 156 valence electrons. The van der Waals surface area contributed by atoms with Crippen LogP contribution in [-0.4, -0.2) is 35.3 Å². The molecule has 0 radical (unpaired) electrons. The summed E-state index contributed by atoms with van der Waals surface area (Å²) in [6.07, 6.45) is -3.40. The molecule has 0 aliphatic rings. The molecule has 0 atom stereocenters. The van der Waals surface area contributed by atoms with Crippen LogP contribution in [0, 0.1) is 18.3 Å². The lowest BCUT2D eigenvalue weighted by atomic mass is 10.1. The van der Waals surface area contributed by atoms with Crippen molar-refractivity contribution in [3.05, 3.63) is 53.1 Å². The van der Waals surface area contributed by atoms with E-state index in [0.717, 1.165) is 12.3 Å². The number of halogens is 3. The van der Waals surface area contributed by atoms with Crippen LogP contribution in [0.1, 0.15) is 22.6 Å². The van der Waals surface area contributed by atoms with E-state index < -0.39 is 11.9 Å². The van der Waals surface area contributed by atoms with E-state index >= 15 is 0 Å². The molecule has 7 nitrogen and oxygen atoms in total. The molecule has 0 saturated heterocycles. The molecule has 0 fully saturated rings. The second-order valence-corrected chi connectivity index (χ2v) is 6.34. The highest BCUT2D eigenvalue weighted by Crippen LogP contribution is 2.30. The van der Waals surface area contributed by atoms with Gasteiger partial charge in [0.1, 0.15) is 35.8 Å². The van der Waals surface area contributed by atoms with Gasteiger partial charge in [-0.1, -0.05) is 0 Å². The van der Waals surface area contributed by atoms with Crippen molar-refractivity contribution in [2.24, 2.45) is 0 Å². The number of nitriles is 1. The van der Waals surface area contributed by atoms with Crippen molar-refractivity contribution in [2.75, 3.05) is 25.6 Å². The molecule has 1 N–H and O–H groups in total. The van der Waals surface area contributed by atoms with Crippen LogP contribution in [0.2, 0.25) is 0 Å². The molecule has 1 aromatic carbocycles. The summed E-state index contributed by atoms with van der Waals surface area (Å²) in [5, 5.41) is 13.0. The normalized spacial score (nSPS) is 11.3. The molecule has 10 heteroatoms. The number of fused-ring (bicyclic) bond motifs is 1. The molecule has 0 unspecified atom stereocenters. The number of rotatable bonds is 7. The van der Waals surface area contributed by atoms with E-state index in [-0.39, 0.29) is 13.2 Å². The van der Waals surface area contributed by atoms with E-state index in [4.69, 9.17) is 9.47 Å². The molecular formula is C20H18F3N5O2. The molecule has 2 heterocycles. The average Bonchev–Trinajstić information content (AvgIpc) is 2.71. The number of alkyl halides is 3.